The predicted molar refractivity (Wildman–Crippen MR) is 110 cm³/mol. The van der Waals surface area contributed by atoms with E-state index in [0.717, 1.165) is 24.8 Å². The molecule has 1 N–H and O–H groups in total. The molecule has 1 amide bonds. The second-order valence-electron chi connectivity index (χ2n) is 8.02. The number of nitrogens with zero attached hydrogens (tertiary/aromatic N) is 2. The molecule has 1 aromatic heterocycles. The molecule has 29 heavy (non-hydrogen) atoms. The van der Waals surface area contributed by atoms with Crippen molar-refractivity contribution in [1.82, 2.24) is 9.71 Å². The van der Waals surface area contributed by atoms with Gasteiger partial charge in [-0.05, 0) is 56.0 Å². The van der Waals surface area contributed by atoms with Crippen LogP contribution in [-0.2, 0) is 25.0 Å². The fourth-order valence-electron chi connectivity index (χ4n) is 3.90. The van der Waals surface area contributed by atoms with E-state index in [0.29, 0.717) is 24.0 Å². The van der Waals surface area contributed by atoms with Gasteiger partial charge in [-0.2, -0.15) is 5.26 Å². The molecule has 1 aliphatic rings. The first-order chi connectivity index (χ1) is 13.7. The fraction of sp³-hybridized carbons (Fsp3) is 0.409. The standard InChI is InChI=1S/C22H25N3O3S/c1-21(2,18-10-8-17(15-23)9-11-18)29(27,28)25-20(26)22(12-4-3-5-13-22)19-7-6-14-24-16-19/h6-11,14,16H,3-5,12-13H2,1-2H3,(H,25,26). The number of rotatable bonds is 5. The number of hydrogen-bond acceptors (Lipinski definition) is 5. The SMILES string of the molecule is CC(C)(c1ccc(C#N)cc1)S(=O)(=O)NC(=O)C1(c2cccnc2)CCCCC1. The molecule has 152 valence electrons. The lowest BCUT2D eigenvalue weighted by Gasteiger charge is -2.37. The molecule has 0 bridgehead atoms. The van der Waals surface area contributed by atoms with E-state index in [4.69, 9.17) is 5.26 Å². The van der Waals surface area contributed by atoms with Crippen molar-refractivity contribution < 1.29 is 13.2 Å². The second-order valence-corrected chi connectivity index (χ2v) is 10.3. The van der Waals surface area contributed by atoms with Gasteiger partial charge in [0.2, 0.25) is 15.9 Å². The molecule has 0 radical (unpaired) electrons. The summed E-state index contributed by atoms with van der Waals surface area (Å²) in [5, 5.41) is 8.96. The Morgan fingerprint density at radius 1 is 1.14 bits per heavy atom. The van der Waals surface area contributed by atoms with Gasteiger partial charge in [-0.3, -0.25) is 14.5 Å². The summed E-state index contributed by atoms with van der Waals surface area (Å²) in [4.78, 5) is 17.5. The number of hydrogen-bond donors (Lipinski definition) is 1. The van der Waals surface area contributed by atoms with Gasteiger partial charge >= 0.3 is 0 Å². The average molecular weight is 412 g/mol. The molecule has 7 heteroatoms. The highest BCUT2D eigenvalue weighted by Crippen LogP contribution is 2.40. The maximum absolute atomic E-state index is 13.4. The van der Waals surface area contributed by atoms with Crippen LogP contribution < -0.4 is 4.72 Å². The van der Waals surface area contributed by atoms with Gasteiger partial charge in [0.15, 0.2) is 0 Å². The van der Waals surface area contributed by atoms with Gasteiger partial charge in [-0.25, -0.2) is 8.42 Å². The highest BCUT2D eigenvalue weighted by molar-refractivity contribution is 7.91. The first-order valence-electron chi connectivity index (χ1n) is 9.71. The van der Waals surface area contributed by atoms with E-state index in [-0.39, 0.29) is 0 Å². The van der Waals surface area contributed by atoms with Crippen LogP contribution in [0.1, 0.15) is 62.6 Å². The molecule has 2 aromatic rings. The molecule has 1 heterocycles. The van der Waals surface area contributed by atoms with Crippen LogP contribution in [0.4, 0.5) is 0 Å². The first-order valence-corrected chi connectivity index (χ1v) is 11.2. The zero-order valence-electron chi connectivity index (χ0n) is 16.7. The summed E-state index contributed by atoms with van der Waals surface area (Å²) in [5.41, 5.74) is 0.823. The Morgan fingerprint density at radius 3 is 2.34 bits per heavy atom. The Morgan fingerprint density at radius 2 is 1.79 bits per heavy atom. The number of sulfonamides is 1. The van der Waals surface area contributed by atoms with Crippen molar-refractivity contribution in [3.8, 4) is 6.07 Å². The Bertz CT molecular complexity index is 1020. The van der Waals surface area contributed by atoms with Crippen LogP contribution in [0.15, 0.2) is 48.8 Å². The Kier molecular flexibility index (Phi) is 5.76. The van der Waals surface area contributed by atoms with Gasteiger partial charge in [0.1, 0.15) is 4.75 Å². The van der Waals surface area contributed by atoms with E-state index in [1.807, 2.05) is 12.1 Å². The molecule has 6 nitrogen and oxygen atoms in total. The topological polar surface area (TPSA) is 99.9 Å². The zero-order valence-corrected chi connectivity index (χ0v) is 17.5. The summed E-state index contributed by atoms with van der Waals surface area (Å²) in [6.07, 6.45) is 7.24. The number of amides is 1. The lowest BCUT2D eigenvalue weighted by atomic mass is 9.69. The van der Waals surface area contributed by atoms with Crippen LogP contribution in [-0.4, -0.2) is 19.3 Å². The van der Waals surface area contributed by atoms with Crippen LogP contribution in [0.2, 0.25) is 0 Å². The molecule has 0 unspecified atom stereocenters. The van der Waals surface area contributed by atoms with Gasteiger partial charge in [0.25, 0.3) is 0 Å². The van der Waals surface area contributed by atoms with Crippen molar-refractivity contribution in [2.24, 2.45) is 0 Å². The minimum atomic E-state index is -4.03. The highest BCUT2D eigenvalue weighted by atomic mass is 32.2. The summed E-state index contributed by atoms with van der Waals surface area (Å²) >= 11 is 0. The quantitative estimate of drug-likeness (QED) is 0.811. The smallest absolute Gasteiger partial charge is 0.244 e. The normalized spacial score (nSPS) is 16.6. The monoisotopic (exact) mass is 411 g/mol. The van der Waals surface area contributed by atoms with E-state index >= 15 is 0 Å². The maximum atomic E-state index is 13.4. The van der Waals surface area contributed by atoms with Gasteiger partial charge in [0, 0.05) is 12.4 Å². The van der Waals surface area contributed by atoms with Crippen molar-refractivity contribution in [1.29, 1.82) is 5.26 Å². The number of benzene rings is 1. The van der Waals surface area contributed by atoms with Crippen molar-refractivity contribution in [3.05, 3.63) is 65.5 Å². The van der Waals surface area contributed by atoms with E-state index in [9.17, 15) is 13.2 Å². The van der Waals surface area contributed by atoms with Gasteiger partial charge in [-0.15, -0.1) is 0 Å². The number of carbonyl (C=O) groups is 1. The summed E-state index contributed by atoms with van der Waals surface area (Å²) in [7, 11) is -4.03. The summed E-state index contributed by atoms with van der Waals surface area (Å²) in [6.45, 7) is 3.11. The Labute approximate surface area is 172 Å². The number of carbonyl (C=O) groups excluding carboxylic acids is 1. The van der Waals surface area contributed by atoms with Gasteiger partial charge < -0.3 is 0 Å². The molecular weight excluding hydrogens is 386 g/mol. The molecule has 0 saturated heterocycles. The zero-order chi connectivity index (χ0) is 21.1. The predicted octanol–water partition coefficient (Wildman–Crippen LogP) is 3.54. The van der Waals surface area contributed by atoms with E-state index < -0.39 is 26.1 Å². The number of pyridine rings is 1. The van der Waals surface area contributed by atoms with Crippen molar-refractivity contribution in [2.45, 2.75) is 56.1 Å². The first kappa shape index (κ1) is 21.0. The third-order valence-corrected chi connectivity index (χ3v) is 8.00. The van der Waals surface area contributed by atoms with E-state index in [1.54, 1.807) is 56.6 Å². The van der Waals surface area contributed by atoms with Crippen molar-refractivity contribution in [2.75, 3.05) is 0 Å². The summed E-state index contributed by atoms with van der Waals surface area (Å²) in [5.74, 6) is -0.494. The third kappa shape index (κ3) is 3.90. The largest absolute Gasteiger partial charge is 0.273 e. The molecule has 0 aliphatic heterocycles. The molecular formula is C22H25N3O3S. The van der Waals surface area contributed by atoms with Gasteiger partial charge in [0.05, 0.1) is 17.0 Å². The second kappa shape index (κ2) is 7.96. The third-order valence-electron chi connectivity index (χ3n) is 5.96. The summed E-state index contributed by atoms with van der Waals surface area (Å²) < 4.78 is 27.5. The van der Waals surface area contributed by atoms with Gasteiger partial charge in [-0.1, -0.05) is 37.5 Å². The van der Waals surface area contributed by atoms with Crippen LogP contribution in [0, 0.1) is 11.3 Å². The maximum Gasteiger partial charge on any atom is 0.244 e. The Hall–Kier alpha value is -2.72. The molecule has 3 rings (SSSR count). The van der Waals surface area contributed by atoms with E-state index in [2.05, 4.69) is 9.71 Å². The lowest BCUT2D eigenvalue weighted by molar-refractivity contribution is -0.126. The lowest BCUT2D eigenvalue weighted by Crippen LogP contribution is -2.51. The van der Waals surface area contributed by atoms with Crippen molar-refractivity contribution in [3.63, 3.8) is 0 Å². The minimum absolute atomic E-state index is 0.448. The average Bonchev–Trinajstić information content (AvgIpc) is 2.74. The van der Waals surface area contributed by atoms with Crippen LogP contribution in [0.25, 0.3) is 0 Å². The molecule has 1 fully saturated rings. The van der Waals surface area contributed by atoms with Crippen LogP contribution >= 0.6 is 0 Å². The number of nitrogens with one attached hydrogen (secondary N) is 1. The molecule has 1 saturated carbocycles. The Balaban J connectivity index is 1.93. The van der Waals surface area contributed by atoms with E-state index in [1.165, 1.54) is 0 Å². The number of nitriles is 1. The molecule has 1 aromatic carbocycles. The molecule has 0 atom stereocenters. The van der Waals surface area contributed by atoms with Crippen molar-refractivity contribution >= 4 is 15.9 Å². The van der Waals surface area contributed by atoms with Crippen LogP contribution in [0.5, 0.6) is 0 Å². The molecule has 1 aliphatic carbocycles. The molecule has 0 spiro atoms. The van der Waals surface area contributed by atoms with Crippen LogP contribution in [0.3, 0.4) is 0 Å². The summed E-state index contributed by atoms with van der Waals surface area (Å²) in [6, 6.07) is 12.0. The number of aromatic nitrogens is 1. The fourth-order valence-corrected chi connectivity index (χ4v) is 5.04. The highest BCUT2D eigenvalue weighted by Gasteiger charge is 2.46. The minimum Gasteiger partial charge on any atom is -0.273 e.